The molecule has 5 nitrogen and oxygen atoms in total. The maximum absolute atomic E-state index is 12.3. The van der Waals surface area contributed by atoms with E-state index in [4.69, 9.17) is 10.00 Å². The molecule has 1 saturated carbocycles. The molecule has 1 unspecified atom stereocenters. The standard InChI is InChI=1S/C22H31N3O2S/c1-25-14-4-6-18(25)15-27-19-8-10-20(11-9-19)28-16-17-5-2-3-7-21(17)22(26)24-13-12-23/h8-11,17-18,21H,2-7,13-16H2,1H3,(H,24,26)/t17-,18?,21+/m0/s1. The van der Waals surface area contributed by atoms with E-state index in [0.717, 1.165) is 37.4 Å². The van der Waals surface area contributed by atoms with Gasteiger partial charge in [-0.2, -0.15) is 5.26 Å². The van der Waals surface area contributed by atoms with Crippen molar-refractivity contribution in [1.29, 1.82) is 5.26 Å². The monoisotopic (exact) mass is 401 g/mol. The Morgan fingerprint density at radius 3 is 2.75 bits per heavy atom. The van der Waals surface area contributed by atoms with Crippen LogP contribution in [-0.4, -0.2) is 49.3 Å². The number of nitriles is 1. The maximum atomic E-state index is 12.3. The molecule has 28 heavy (non-hydrogen) atoms. The molecule has 1 aliphatic heterocycles. The quantitative estimate of drug-likeness (QED) is 0.531. The second kappa shape index (κ2) is 10.7. The number of amides is 1. The van der Waals surface area contributed by atoms with Gasteiger partial charge in [0.15, 0.2) is 0 Å². The highest BCUT2D eigenvalue weighted by Crippen LogP contribution is 2.35. The number of thioether (sulfide) groups is 1. The first-order chi connectivity index (χ1) is 13.7. The van der Waals surface area contributed by atoms with E-state index in [9.17, 15) is 4.79 Å². The van der Waals surface area contributed by atoms with Crippen LogP contribution >= 0.6 is 11.8 Å². The molecule has 6 heteroatoms. The summed E-state index contributed by atoms with van der Waals surface area (Å²) in [4.78, 5) is 15.9. The van der Waals surface area contributed by atoms with E-state index in [0.29, 0.717) is 12.0 Å². The van der Waals surface area contributed by atoms with Gasteiger partial charge in [-0.25, -0.2) is 0 Å². The van der Waals surface area contributed by atoms with Gasteiger partial charge in [0.1, 0.15) is 18.9 Å². The molecule has 152 valence electrons. The molecule has 1 aliphatic carbocycles. The van der Waals surface area contributed by atoms with Gasteiger partial charge in [-0.3, -0.25) is 4.79 Å². The minimum atomic E-state index is 0.0422. The fraction of sp³-hybridized carbons (Fsp3) is 0.636. The number of rotatable bonds is 8. The number of ether oxygens (including phenoxy) is 1. The van der Waals surface area contributed by atoms with Gasteiger partial charge in [0.05, 0.1) is 6.07 Å². The van der Waals surface area contributed by atoms with Crippen molar-refractivity contribution in [1.82, 2.24) is 10.2 Å². The third kappa shape index (κ3) is 5.89. The number of carbonyl (C=O) groups excluding carboxylic acids is 1. The predicted molar refractivity (Wildman–Crippen MR) is 112 cm³/mol. The molecule has 1 saturated heterocycles. The minimum Gasteiger partial charge on any atom is -0.492 e. The van der Waals surface area contributed by atoms with Gasteiger partial charge < -0.3 is 15.0 Å². The number of carbonyl (C=O) groups is 1. The van der Waals surface area contributed by atoms with Gasteiger partial charge in [-0.05, 0) is 69.5 Å². The van der Waals surface area contributed by atoms with E-state index in [1.54, 1.807) is 0 Å². The van der Waals surface area contributed by atoms with Crippen LogP contribution < -0.4 is 10.1 Å². The number of nitrogens with one attached hydrogen (secondary N) is 1. The Balaban J connectivity index is 1.46. The fourth-order valence-corrected chi connectivity index (χ4v) is 5.36. The number of benzene rings is 1. The van der Waals surface area contributed by atoms with Gasteiger partial charge >= 0.3 is 0 Å². The second-order valence-corrected chi connectivity index (χ2v) is 8.99. The van der Waals surface area contributed by atoms with Crippen molar-refractivity contribution in [2.24, 2.45) is 11.8 Å². The molecule has 1 N–H and O–H groups in total. The van der Waals surface area contributed by atoms with Crippen LogP contribution in [0.5, 0.6) is 5.75 Å². The summed E-state index contributed by atoms with van der Waals surface area (Å²) < 4.78 is 5.97. The Bertz CT molecular complexity index is 673. The molecule has 3 rings (SSSR count). The van der Waals surface area contributed by atoms with Crippen molar-refractivity contribution in [3.8, 4) is 11.8 Å². The number of nitrogens with zero attached hydrogens (tertiary/aromatic N) is 2. The zero-order valence-corrected chi connectivity index (χ0v) is 17.5. The largest absolute Gasteiger partial charge is 0.492 e. The first-order valence-corrected chi connectivity index (χ1v) is 11.4. The van der Waals surface area contributed by atoms with Gasteiger partial charge in [0, 0.05) is 22.6 Å². The SMILES string of the molecule is CN1CCCC1COc1ccc(SC[C@@H]2CCCC[C@H]2C(=O)NCC#N)cc1. The van der Waals surface area contributed by atoms with E-state index in [1.165, 1.54) is 30.7 Å². The normalized spacial score (nSPS) is 25.2. The molecular weight excluding hydrogens is 370 g/mol. The molecule has 3 atom stereocenters. The van der Waals surface area contributed by atoms with Crippen LogP contribution in [0.4, 0.5) is 0 Å². The van der Waals surface area contributed by atoms with E-state index in [-0.39, 0.29) is 18.4 Å². The first kappa shape index (κ1) is 21.0. The lowest BCUT2D eigenvalue weighted by atomic mass is 9.80. The number of hydrogen-bond donors (Lipinski definition) is 1. The zero-order chi connectivity index (χ0) is 19.8. The van der Waals surface area contributed by atoms with Crippen LogP contribution in [-0.2, 0) is 4.79 Å². The highest BCUT2D eigenvalue weighted by molar-refractivity contribution is 7.99. The van der Waals surface area contributed by atoms with E-state index in [2.05, 4.69) is 41.5 Å². The van der Waals surface area contributed by atoms with Crippen LogP contribution in [0.25, 0.3) is 0 Å². The van der Waals surface area contributed by atoms with Gasteiger partial charge in [-0.1, -0.05) is 12.8 Å². The van der Waals surface area contributed by atoms with Crippen LogP contribution in [0.1, 0.15) is 38.5 Å². The fourth-order valence-electron chi connectivity index (χ4n) is 4.23. The Morgan fingerprint density at radius 1 is 1.25 bits per heavy atom. The summed E-state index contributed by atoms with van der Waals surface area (Å²) in [5, 5.41) is 11.4. The van der Waals surface area contributed by atoms with Crippen LogP contribution in [0.15, 0.2) is 29.2 Å². The third-order valence-corrected chi connectivity index (χ3v) is 7.19. The summed E-state index contributed by atoms with van der Waals surface area (Å²) >= 11 is 1.82. The highest BCUT2D eigenvalue weighted by Gasteiger charge is 2.30. The van der Waals surface area contributed by atoms with Crippen molar-refractivity contribution < 1.29 is 9.53 Å². The lowest BCUT2D eigenvalue weighted by molar-refractivity contribution is -0.127. The molecule has 2 fully saturated rings. The van der Waals surface area contributed by atoms with Crippen molar-refractivity contribution in [2.75, 3.05) is 32.5 Å². The molecule has 0 aromatic heterocycles. The molecule has 2 aliphatic rings. The minimum absolute atomic E-state index is 0.0422. The van der Waals surface area contributed by atoms with Crippen LogP contribution in [0.2, 0.25) is 0 Å². The first-order valence-electron chi connectivity index (χ1n) is 10.4. The summed E-state index contributed by atoms with van der Waals surface area (Å²) in [6, 6.07) is 10.9. The van der Waals surface area contributed by atoms with Gasteiger partial charge in [0.2, 0.25) is 5.91 Å². The topological polar surface area (TPSA) is 65.4 Å². The van der Waals surface area contributed by atoms with Gasteiger partial charge in [0.25, 0.3) is 0 Å². The summed E-state index contributed by atoms with van der Waals surface area (Å²) in [6.07, 6.45) is 6.80. The molecule has 1 aromatic carbocycles. The average Bonchev–Trinajstić information content (AvgIpc) is 3.14. The van der Waals surface area contributed by atoms with E-state index in [1.807, 2.05) is 17.8 Å². The average molecular weight is 402 g/mol. The third-order valence-electron chi connectivity index (χ3n) is 5.99. The lowest BCUT2D eigenvalue weighted by Gasteiger charge is -2.30. The van der Waals surface area contributed by atoms with Crippen molar-refractivity contribution in [3.63, 3.8) is 0 Å². The number of likely N-dealkylation sites (N-methyl/N-ethyl adjacent to an activating group) is 1. The molecular formula is C22H31N3O2S. The summed E-state index contributed by atoms with van der Waals surface area (Å²) in [5.41, 5.74) is 0. The molecule has 1 amide bonds. The Hall–Kier alpha value is -1.71. The number of hydrogen-bond acceptors (Lipinski definition) is 5. The molecule has 0 radical (unpaired) electrons. The van der Waals surface area contributed by atoms with Crippen LogP contribution in [0.3, 0.4) is 0 Å². The van der Waals surface area contributed by atoms with Crippen LogP contribution in [0, 0.1) is 23.2 Å². The summed E-state index contributed by atoms with van der Waals surface area (Å²) in [5.74, 6) is 2.34. The maximum Gasteiger partial charge on any atom is 0.224 e. The van der Waals surface area contributed by atoms with Crippen molar-refractivity contribution in [3.05, 3.63) is 24.3 Å². The predicted octanol–water partition coefficient (Wildman–Crippen LogP) is 3.70. The lowest BCUT2D eigenvalue weighted by Crippen LogP contribution is -2.37. The van der Waals surface area contributed by atoms with Crippen molar-refractivity contribution >= 4 is 17.7 Å². The molecule has 1 aromatic rings. The Kier molecular flexibility index (Phi) is 8.05. The highest BCUT2D eigenvalue weighted by atomic mass is 32.2. The van der Waals surface area contributed by atoms with E-state index < -0.39 is 0 Å². The smallest absolute Gasteiger partial charge is 0.224 e. The second-order valence-electron chi connectivity index (χ2n) is 7.90. The van der Waals surface area contributed by atoms with Crippen molar-refractivity contribution in [2.45, 2.75) is 49.5 Å². The Labute approximate surface area is 172 Å². The van der Waals surface area contributed by atoms with Gasteiger partial charge in [-0.15, -0.1) is 11.8 Å². The molecule has 1 heterocycles. The summed E-state index contributed by atoms with van der Waals surface area (Å²) in [7, 11) is 2.17. The summed E-state index contributed by atoms with van der Waals surface area (Å²) in [6.45, 7) is 2.03. The molecule has 0 bridgehead atoms. The molecule has 0 spiro atoms. The Morgan fingerprint density at radius 2 is 2.04 bits per heavy atom. The zero-order valence-electron chi connectivity index (χ0n) is 16.7. The number of likely N-dealkylation sites (tertiary alicyclic amines) is 1. The van der Waals surface area contributed by atoms with E-state index >= 15 is 0 Å².